The van der Waals surface area contributed by atoms with Gasteiger partial charge in [0.15, 0.2) is 5.65 Å². The van der Waals surface area contributed by atoms with Crippen molar-refractivity contribution in [2.75, 3.05) is 31.1 Å². The fourth-order valence-corrected chi connectivity index (χ4v) is 5.19. The standard InChI is InChI=1S/C24H24N6O3S/c31-24(19-13-18-16-28-29-23(18)26-15-19)27-14-17-1-5-21(6-2-17)34(32,33)22-7-3-20(4-8-22)30-11-9-25-10-12-30/h1-8,13,15-16,25H,9-12,14H2,(H,27,31)(H,26,28,29). The third-order valence-corrected chi connectivity index (χ3v) is 7.65. The summed E-state index contributed by atoms with van der Waals surface area (Å²) in [6.07, 6.45) is 3.09. The molecule has 0 spiro atoms. The molecule has 1 amide bonds. The summed E-state index contributed by atoms with van der Waals surface area (Å²) in [4.78, 5) is 19.3. The van der Waals surface area contributed by atoms with Crippen molar-refractivity contribution in [1.29, 1.82) is 0 Å². The molecule has 5 rings (SSSR count). The molecule has 0 saturated carbocycles. The second-order valence-corrected chi connectivity index (χ2v) is 10.0. The normalized spacial score (nSPS) is 14.3. The van der Waals surface area contributed by atoms with Crippen LogP contribution in [0.4, 0.5) is 5.69 Å². The van der Waals surface area contributed by atoms with Gasteiger partial charge in [0.25, 0.3) is 5.91 Å². The molecule has 1 saturated heterocycles. The first-order valence-corrected chi connectivity index (χ1v) is 12.5. The zero-order valence-corrected chi connectivity index (χ0v) is 19.2. The van der Waals surface area contributed by atoms with Crippen LogP contribution in [0.5, 0.6) is 0 Å². The average Bonchev–Trinajstić information content (AvgIpc) is 3.36. The average molecular weight is 477 g/mol. The Balaban J connectivity index is 1.24. The number of fused-ring (bicyclic) bond motifs is 1. The third-order valence-electron chi connectivity index (χ3n) is 5.87. The van der Waals surface area contributed by atoms with Crippen LogP contribution in [0.3, 0.4) is 0 Å². The van der Waals surface area contributed by atoms with Crippen molar-refractivity contribution >= 4 is 32.5 Å². The van der Waals surface area contributed by atoms with Crippen LogP contribution in [-0.4, -0.2) is 55.7 Å². The molecule has 9 nitrogen and oxygen atoms in total. The summed E-state index contributed by atoms with van der Waals surface area (Å²) >= 11 is 0. The minimum Gasteiger partial charge on any atom is -0.369 e. The van der Waals surface area contributed by atoms with Gasteiger partial charge in [-0.05, 0) is 48.0 Å². The van der Waals surface area contributed by atoms with Gasteiger partial charge in [0.1, 0.15) is 0 Å². The van der Waals surface area contributed by atoms with Crippen LogP contribution in [-0.2, 0) is 16.4 Å². The van der Waals surface area contributed by atoms with Gasteiger partial charge in [-0.25, -0.2) is 13.4 Å². The SMILES string of the molecule is O=C(NCc1ccc(S(=O)(=O)c2ccc(N3CCNCC3)cc2)cc1)c1cnc2[nH]ncc2c1. The van der Waals surface area contributed by atoms with Crippen LogP contribution in [0.15, 0.2) is 76.8 Å². The summed E-state index contributed by atoms with van der Waals surface area (Å²) in [6, 6.07) is 15.3. The molecule has 0 radical (unpaired) electrons. The molecule has 2 aromatic carbocycles. The highest BCUT2D eigenvalue weighted by molar-refractivity contribution is 7.91. The molecule has 34 heavy (non-hydrogen) atoms. The molecule has 1 aliphatic rings. The topological polar surface area (TPSA) is 120 Å². The van der Waals surface area contributed by atoms with Crippen LogP contribution in [0.25, 0.3) is 11.0 Å². The van der Waals surface area contributed by atoms with Crippen LogP contribution >= 0.6 is 0 Å². The molecular formula is C24H24N6O3S. The van der Waals surface area contributed by atoms with Crippen LogP contribution in [0.1, 0.15) is 15.9 Å². The first-order valence-electron chi connectivity index (χ1n) is 11.0. The van der Waals surface area contributed by atoms with Crippen molar-refractivity contribution in [1.82, 2.24) is 25.8 Å². The number of carbonyl (C=O) groups excluding carboxylic acids is 1. The van der Waals surface area contributed by atoms with Crippen molar-refractivity contribution in [2.24, 2.45) is 0 Å². The zero-order valence-electron chi connectivity index (χ0n) is 18.4. The Morgan fingerprint density at radius 1 is 0.971 bits per heavy atom. The van der Waals surface area contributed by atoms with Gasteiger partial charge in [0.2, 0.25) is 9.84 Å². The van der Waals surface area contributed by atoms with E-state index in [9.17, 15) is 13.2 Å². The van der Waals surface area contributed by atoms with Gasteiger partial charge in [0.05, 0.1) is 21.6 Å². The lowest BCUT2D eigenvalue weighted by Gasteiger charge is -2.29. The quantitative estimate of drug-likeness (QED) is 0.390. The number of benzene rings is 2. The van der Waals surface area contributed by atoms with E-state index < -0.39 is 9.84 Å². The fourth-order valence-electron chi connectivity index (χ4n) is 3.93. The second-order valence-electron chi connectivity index (χ2n) is 8.09. The van der Waals surface area contributed by atoms with E-state index in [4.69, 9.17) is 0 Å². The van der Waals surface area contributed by atoms with E-state index >= 15 is 0 Å². The Morgan fingerprint density at radius 3 is 2.35 bits per heavy atom. The molecule has 1 aliphatic heterocycles. The number of nitrogens with zero attached hydrogens (tertiary/aromatic N) is 3. The highest BCUT2D eigenvalue weighted by atomic mass is 32.2. The summed E-state index contributed by atoms with van der Waals surface area (Å²) in [5, 5.41) is 13.5. The maximum atomic E-state index is 13.1. The van der Waals surface area contributed by atoms with Gasteiger partial charge >= 0.3 is 0 Å². The van der Waals surface area contributed by atoms with Crippen molar-refractivity contribution < 1.29 is 13.2 Å². The molecule has 174 valence electrons. The van der Waals surface area contributed by atoms with Gasteiger partial charge in [-0.2, -0.15) is 5.10 Å². The number of amides is 1. The predicted molar refractivity (Wildman–Crippen MR) is 128 cm³/mol. The lowest BCUT2D eigenvalue weighted by Crippen LogP contribution is -2.43. The first-order chi connectivity index (χ1) is 16.5. The number of aromatic nitrogens is 3. The lowest BCUT2D eigenvalue weighted by atomic mass is 10.2. The van der Waals surface area contributed by atoms with Gasteiger partial charge in [0, 0.05) is 50.0 Å². The molecule has 2 aromatic heterocycles. The molecule has 0 atom stereocenters. The van der Waals surface area contributed by atoms with Crippen LogP contribution < -0.4 is 15.5 Å². The van der Waals surface area contributed by atoms with E-state index in [1.165, 1.54) is 6.20 Å². The molecule has 0 bridgehead atoms. The molecule has 10 heteroatoms. The zero-order chi connectivity index (χ0) is 23.5. The third kappa shape index (κ3) is 4.50. The number of rotatable bonds is 6. The summed E-state index contributed by atoms with van der Waals surface area (Å²) in [6.45, 7) is 3.91. The Hall–Kier alpha value is -3.76. The number of H-pyrrole nitrogens is 1. The van der Waals surface area contributed by atoms with Gasteiger partial charge in [-0.1, -0.05) is 12.1 Å². The van der Waals surface area contributed by atoms with Crippen LogP contribution in [0, 0.1) is 0 Å². The highest BCUT2D eigenvalue weighted by Crippen LogP contribution is 2.24. The lowest BCUT2D eigenvalue weighted by molar-refractivity contribution is 0.0950. The van der Waals surface area contributed by atoms with E-state index in [0.717, 1.165) is 42.8 Å². The smallest absolute Gasteiger partial charge is 0.253 e. The molecule has 0 unspecified atom stereocenters. The van der Waals surface area contributed by atoms with E-state index in [0.29, 0.717) is 11.2 Å². The summed E-state index contributed by atoms with van der Waals surface area (Å²) in [7, 11) is -3.63. The molecule has 0 aliphatic carbocycles. The van der Waals surface area contributed by atoms with E-state index in [1.807, 2.05) is 12.1 Å². The maximum Gasteiger partial charge on any atom is 0.253 e. The Kier molecular flexibility index (Phi) is 5.99. The number of hydrogen-bond donors (Lipinski definition) is 3. The Labute approximate surface area is 197 Å². The molecular weight excluding hydrogens is 452 g/mol. The van der Waals surface area contributed by atoms with Gasteiger partial charge in [-0.15, -0.1) is 0 Å². The van der Waals surface area contributed by atoms with E-state index in [1.54, 1.807) is 48.7 Å². The fraction of sp³-hybridized carbons (Fsp3) is 0.208. The van der Waals surface area contributed by atoms with E-state index in [2.05, 4.69) is 30.7 Å². The molecule has 4 aromatic rings. The Bertz CT molecular complexity index is 1410. The monoisotopic (exact) mass is 476 g/mol. The molecule has 3 heterocycles. The molecule has 3 N–H and O–H groups in total. The number of nitrogens with one attached hydrogen (secondary N) is 3. The van der Waals surface area contributed by atoms with Gasteiger partial charge in [-0.3, -0.25) is 9.89 Å². The second kappa shape index (κ2) is 9.24. The number of carbonyl (C=O) groups is 1. The largest absolute Gasteiger partial charge is 0.369 e. The van der Waals surface area contributed by atoms with E-state index in [-0.39, 0.29) is 22.2 Å². The number of piperazine rings is 1. The summed E-state index contributed by atoms with van der Waals surface area (Å²) < 4.78 is 26.1. The highest BCUT2D eigenvalue weighted by Gasteiger charge is 2.19. The Morgan fingerprint density at radius 2 is 1.65 bits per heavy atom. The van der Waals surface area contributed by atoms with Crippen molar-refractivity contribution in [3.8, 4) is 0 Å². The summed E-state index contributed by atoms with van der Waals surface area (Å²) in [5.74, 6) is -0.267. The van der Waals surface area contributed by atoms with Crippen molar-refractivity contribution in [3.63, 3.8) is 0 Å². The minimum absolute atomic E-state index is 0.215. The minimum atomic E-state index is -3.63. The number of hydrogen-bond acceptors (Lipinski definition) is 7. The number of aromatic amines is 1. The predicted octanol–water partition coefficient (Wildman–Crippen LogP) is 2.13. The maximum absolute atomic E-state index is 13.1. The van der Waals surface area contributed by atoms with Crippen molar-refractivity contribution in [2.45, 2.75) is 16.3 Å². The summed E-state index contributed by atoms with van der Waals surface area (Å²) in [5.41, 5.74) is 2.86. The number of sulfone groups is 1. The van der Waals surface area contributed by atoms with Gasteiger partial charge < -0.3 is 15.5 Å². The first kappa shape index (κ1) is 22.1. The van der Waals surface area contributed by atoms with Crippen molar-refractivity contribution in [3.05, 3.63) is 78.1 Å². The molecule has 1 fully saturated rings. The van der Waals surface area contributed by atoms with Crippen LogP contribution in [0.2, 0.25) is 0 Å². The number of anilines is 1. The number of pyridine rings is 1.